The molecular formula is C13H17ClN2O2. The molecule has 0 atom stereocenters. The molecule has 0 aromatic heterocycles. The van der Waals surface area contributed by atoms with Crippen molar-refractivity contribution >= 4 is 29.1 Å². The lowest BCUT2D eigenvalue weighted by Crippen LogP contribution is -2.38. The van der Waals surface area contributed by atoms with Gasteiger partial charge in [0.25, 0.3) is 0 Å². The Morgan fingerprint density at radius 2 is 1.89 bits per heavy atom. The van der Waals surface area contributed by atoms with Gasteiger partial charge >= 0.3 is 0 Å². The zero-order valence-corrected chi connectivity index (χ0v) is 11.3. The number of nitrogens with zero attached hydrogens (tertiary/aromatic N) is 1. The minimum Gasteiger partial charge on any atom is -0.346 e. The Labute approximate surface area is 112 Å². The van der Waals surface area contributed by atoms with E-state index in [1.165, 1.54) is 10.5 Å². The van der Waals surface area contributed by atoms with Crippen LogP contribution in [-0.4, -0.2) is 31.3 Å². The third-order valence-electron chi connectivity index (χ3n) is 2.66. The van der Waals surface area contributed by atoms with Crippen molar-refractivity contribution in [2.45, 2.75) is 13.3 Å². The third-order valence-corrected chi connectivity index (χ3v) is 2.91. The van der Waals surface area contributed by atoms with Gasteiger partial charge in [-0.15, -0.1) is 11.6 Å². The van der Waals surface area contributed by atoms with Crippen LogP contribution in [0.4, 0.5) is 5.69 Å². The second-order valence-electron chi connectivity index (χ2n) is 3.88. The van der Waals surface area contributed by atoms with Crippen LogP contribution in [-0.2, 0) is 16.0 Å². The molecule has 0 unspecified atom stereocenters. The first-order valence-corrected chi connectivity index (χ1v) is 6.30. The van der Waals surface area contributed by atoms with Gasteiger partial charge in [0.2, 0.25) is 11.8 Å². The maximum Gasteiger partial charge on any atom is 0.246 e. The molecule has 0 aliphatic rings. The van der Waals surface area contributed by atoms with Crippen molar-refractivity contribution in [1.82, 2.24) is 5.32 Å². The standard InChI is InChI=1S/C13H17ClN2O2/c1-3-10-4-6-11(7-5-10)16(2)13(18)9-15-12(17)8-14/h4-7H,3,8-9H2,1-2H3,(H,15,17). The number of likely N-dealkylation sites (N-methyl/N-ethyl adjacent to an activating group) is 1. The maximum atomic E-state index is 11.8. The number of nitrogens with one attached hydrogen (secondary N) is 1. The molecule has 2 amide bonds. The summed E-state index contributed by atoms with van der Waals surface area (Å²) in [7, 11) is 1.68. The summed E-state index contributed by atoms with van der Waals surface area (Å²) < 4.78 is 0. The zero-order chi connectivity index (χ0) is 13.5. The lowest BCUT2D eigenvalue weighted by atomic mass is 10.1. The summed E-state index contributed by atoms with van der Waals surface area (Å²) in [6.07, 6.45) is 0.962. The van der Waals surface area contributed by atoms with E-state index in [0.29, 0.717) is 0 Å². The molecule has 0 saturated heterocycles. The van der Waals surface area contributed by atoms with Gasteiger partial charge in [-0.2, -0.15) is 0 Å². The topological polar surface area (TPSA) is 49.4 Å². The highest BCUT2D eigenvalue weighted by molar-refractivity contribution is 6.27. The number of carbonyl (C=O) groups is 2. The van der Waals surface area contributed by atoms with Crippen LogP contribution in [0.1, 0.15) is 12.5 Å². The third kappa shape index (κ3) is 4.04. The number of halogens is 1. The van der Waals surface area contributed by atoms with Crippen LogP contribution >= 0.6 is 11.6 Å². The number of hydrogen-bond donors (Lipinski definition) is 1. The van der Waals surface area contributed by atoms with Crippen LogP contribution in [0, 0.1) is 0 Å². The molecule has 1 rings (SSSR count). The molecule has 0 spiro atoms. The summed E-state index contributed by atoms with van der Waals surface area (Å²) in [4.78, 5) is 24.2. The first-order chi connectivity index (χ1) is 8.58. The van der Waals surface area contributed by atoms with E-state index >= 15 is 0 Å². The minimum absolute atomic E-state index is 0.0441. The molecule has 0 fully saturated rings. The summed E-state index contributed by atoms with van der Waals surface area (Å²) in [5.74, 6) is -0.667. The van der Waals surface area contributed by atoms with Crippen molar-refractivity contribution in [1.29, 1.82) is 0 Å². The highest BCUT2D eigenvalue weighted by Gasteiger charge is 2.11. The van der Waals surface area contributed by atoms with Crippen molar-refractivity contribution in [2.75, 3.05) is 24.4 Å². The fourth-order valence-corrected chi connectivity index (χ4v) is 1.53. The summed E-state index contributed by atoms with van der Waals surface area (Å²) in [5, 5.41) is 2.44. The summed E-state index contributed by atoms with van der Waals surface area (Å²) in [6, 6.07) is 7.74. The van der Waals surface area contributed by atoms with Crippen LogP contribution in [0.5, 0.6) is 0 Å². The Morgan fingerprint density at radius 3 is 2.39 bits per heavy atom. The number of aryl methyl sites for hydroxylation is 1. The number of benzene rings is 1. The molecule has 98 valence electrons. The Hall–Kier alpha value is -1.55. The number of anilines is 1. The average molecular weight is 269 g/mol. The fraction of sp³-hybridized carbons (Fsp3) is 0.385. The lowest BCUT2D eigenvalue weighted by Gasteiger charge is -2.17. The largest absolute Gasteiger partial charge is 0.346 e. The maximum absolute atomic E-state index is 11.8. The highest BCUT2D eigenvalue weighted by atomic mass is 35.5. The Balaban J connectivity index is 2.59. The average Bonchev–Trinajstić information content (AvgIpc) is 2.43. The van der Waals surface area contributed by atoms with E-state index in [0.717, 1.165) is 12.1 Å². The molecule has 1 aromatic carbocycles. The molecule has 0 heterocycles. The van der Waals surface area contributed by atoms with Gasteiger partial charge in [0.15, 0.2) is 0 Å². The van der Waals surface area contributed by atoms with Gasteiger partial charge in [-0.05, 0) is 24.1 Å². The normalized spacial score (nSPS) is 9.94. The molecule has 0 aliphatic heterocycles. The van der Waals surface area contributed by atoms with Crippen LogP contribution in [0.3, 0.4) is 0 Å². The molecule has 4 nitrogen and oxygen atoms in total. The van der Waals surface area contributed by atoms with Gasteiger partial charge in [-0.25, -0.2) is 0 Å². The first kappa shape index (κ1) is 14.5. The van der Waals surface area contributed by atoms with Crippen LogP contribution in [0.15, 0.2) is 24.3 Å². The summed E-state index contributed by atoms with van der Waals surface area (Å²) in [5.41, 5.74) is 2.02. The van der Waals surface area contributed by atoms with Gasteiger partial charge in [0.1, 0.15) is 5.88 Å². The van der Waals surface area contributed by atoms with Crippen LogP contribution in [0.2, 0.25) is 0 Å². The summed E-state index contributed by atoms with van der Waals surface area (Å²) >= 11 is 5.33. The molecular weight excluding hydrogens is 252 g/mol. The van der Waals surface area contributed by atoms with Crippen molar-refractivity contribution in [3.05, 3.63) is 29.8 Å². The van der Waals surface area contributed by atoms with E-state index in [9.17, 15) is 9.59 Å². The number of amides is 2. The number of hydrogen-bond acceptors (Lipinski definition) is 2. The van der Waals surface area contributed by atoms with Crippen LogP contribution < -0.4 is 10.2 Å². The molecule has 5 heteroatoms. The van der Waals surface area contributed by atoms with Gasteiger partial charge in [0.05, 0.1) is 6.54 Å². The predicted octanol–water partition coefficient (Wildman–Crippen LogP) is 1.57. The Bertz CT molecular complexity index is 418. The SMILES string of the molecule is CCc1ccc(N(C)C(=O)CNC(=O)CCl)cc1. The quantitative estimate of drug-likeness (QED) is 0.824. The van der Waals surface area contributed by atoms with Crippen molar-refractivity contribution in [2.24, 2.45) is 0 Å². The lowest BCUT2D eigenvalue weighted by molar-refractivity contribution is -0.123. The van der Waals surface area contributed by atoms with Crippen molar-refractivity contribution in [3.63, 3.8) is 0 Å². The van der Waals surface area contributed by atoms with Gasteiger partial charge in [-0.3, -0.25) is 9.59 Å². The van der Waals surface area contributed by atoms with Crippen LogP contribution in [0.25, 0.3) is 0 Å². The Morgan fingerprint density at radius 1 is 1.28 bits per heavy atom. The molecule has 0 bridgehead atoms. The molecule has 18 heavy (non-hydrogen) atoms. The molecule has 0 radical (unpaired) electrons. The fourth-order valence-electron chi connectivity index (χ4n) is 1.44. The molecule has 0 saturated carbocycles. The number of carbonyl (C=O) groups excluding carboxylic acids is 2. The molecule has 1 aromatic rings. The summed E-state index contributed by atoms with van der Waals surface area (Å²) in [6.45, 7) is 2.03. The number of rotatable bonds is 5. The molecule has 1 N–H and O–H groups in total. The van der Waals surface area contributed by atoms with Gasteiger partial charge < -0.3 is 10.2 Å². The van der Waals surface area contributed by atoms with E-state index in [1.807, 2.05) is 24.3 Å². The van der Waals surface area contributed by atoms with E-state index < -0.39 is 0 Å². The number of alkyl halides is 1. The second-order valence-corrected chi connectivity index (χ2v) is 4.15. The first-order valence-electron chi connectivity index (χ1n) is 5.76. The van der Waals surface area contributed by atoms with Gasteiger partial charge in [-0.1, -0.05) is 19.1 Å². The van der Waals surface area contributed by atoms with Crippen molar-refractivity contribution < 1.29 is 9.59 Å². The van der Waals surface area contributed by atoms with E-state index in [-0.39, 0.29) is 24.2 Å². The smallest absolute Gasteiger partial charge is 0.246 e. The second kappa shape index (κ2) is 7.01. The highest BCUT2D eigenvalue weighted by Crippen LogP contribution is 2.14. The predicted molar refractivity (Wildman–Crippen MR) is 73.0 cm³/mol. The molecule has 0 aliphatic carbocycles. The van der Waals surface area contributed by atoms with Crippen molar-refractivity contribution in [3.8, 4) is 0 Å². The monoisotopic (exact) mass is 268 g/mol. The van der Waals surface area contributed by atoms with E-state index in [1.54, 1.807) is 7.05 Å². The van der Waals surface area contributed by atoms with E-state index in [2.05, 4.69) is 12.2 Å². The zero-order valence-electron chi connectivity index (χ0n) is 10.6. The van der Waals surface area contributed by atoms with E-state index in [4.69, 9.17) is 11.6 Å². The minimum atomic E-state index is -0.347. The van der Waals surface area contributed by atoms with Gasteiger partial charge in [0, 0.05) is 12.7 Å². The Kier molecular flexibility index (Phi) is 5.65.